The van der Waals surface area contributed by atoms with Gasteiger partial charge in [0.15, 0.2) is 0 Å². The minimum atomic E-state index is -3.67. The number of nitrogens with one attached hydrogen (secondary N) is 1. The Labute approximate surface area is 136 Å². The first kappa shape index (κ1) is 16.1. The van der Waals surface area contributed by atoms with Crippen LogP contribution in [0.15, 0.2) is 41.6 Å². The molecule has 0 saturated carbocycles. The average Bonchev–Trinajstić information content (AvgIpc) is 3.01. The average molecular weight is 335 g/mol. The standard InChI is InChI=1S/C15H21N5O2S/c1-12-9-16-15(2,3)11-20(12)23(21,22)14-10-19(18-17-14)13-7-5-4-6-8-13/h4-8,10,12,16H,9,11H2,1-3H3. The number of sulfonamides is 1. The van der Waals surface area contributed by atoms with E-state index in [0.717, 1.165) is 5.69 Å². The maximum absolute atomic E-state index is 12.9. The molecule has 1 aliphatic rings. The van der Waals surface area contributed by atoms with E-state index in [9.17, 15) is 8.42 Å². The summed E-state index contributed by atoms with van der Waals surface area (Å²) in [4.78, 5) is 0. The lowest BCUT2D eigenvalue weighted by Crippen LogP contribution is -2.62. The molecule has 1 aromatic carbocycles. The molecule has 3 rings (SSSR count). The van der Waals surface area contributed by atoms with Crippen molar-refractivity contribution in [3.63, 3.8) is 0 Å². The first-order valence-corrected chi connectivity index (χ1v) is 8.98. The first-order chi connectivity index (χ1) is 10.8. The van der Waals surface area contributed by atoms with Crippen LogP contribution in [0.5, 0.6) is 0 Å². The Morgan fingerprint density at radius 3 is 2.65 bits per heavy atom. The van der Waals surface area contributed by atoms with E-state index in [1.165, 1.54) is 15.2 Å². The minimum Gasteiger partial charge on any atom is -0.309 e. The molecule has 0 spiro atoms. The van der Waals surface area contributed by atoms with Gasteiger partial charge in [-0.2, -0.15) is 4.31 Å². The van der Waals surface area contributed by atoms with E-state index in [-0.39, 0.29) is 16.6 Å². The third-order valence-electron chi connectivity index (χ3n) is 3.98. The molecule has 1 aromatic heterocycles. The highest BCUT2D eigenvalue weighted by Gasteiger charge is 2.39. The Bertz CT molecular complexity index is 785. The Balaban J connectivity index is 1.93. The fourth-order valence-corrected chi connectivity index (χ4v) is 4.30. The van der Waals surface area contributed by atoms with Gasteiger partial charge in [0.1, 0.15) is 0 Å². The molecule has 7 nitrogen and oxygen atoms in total. The number of piperazine rings is 1. The van der Waals surface area contributed by atoms with Crippen LogP contribution in [-0.2, 0) is 10.0 Å². The number of hydrogen-bond donors (Lipinski definition) is 1. The van der Waals surface area contributed by atoms with Gasteiger partial charge in [-0.25, -0.2) is 13.1 Å². The molecule has 0 bridgehead atoms. The molecule has 1 fully saturated rings. The molecule has 2 heterocycles. The lowest BCUT2D eigenvalue weighted by Gasteiger charge is -2.41. The van der Waals surface area contributed by atoms with Crippen molar-refractivity contribution in [1.29, 1.82) is 0 Å². The van der Waals surface area contributed by atoms with E-state index in [4.69, 9.17) is 0 Å². The Kier molecular flexibility index (Phi) is 3.99. The number of benzene rings is 1. The summed E-state index contributed by atoms with van der Waals surface area (Å²) in [6, 6.07) is 9.19. The van der Waals surface area contributed by atoms with Crippen LogP contribution in [0.2, 0.25) is 0 Å². The maximum Gasteiger partial charge on any atom is 0.264 e. The van der Waals surface area contributed by atoms with Crippen LogP contribution in [0.3, 0.4) is 0 Å². The summed E-state index contributed by atoms with van der Waals surface area (Å²) in [5.74, 6) is 0. The third-order valence-corrected chi connectivity index (χ3v) is 5.81. The Morgan fingerprint density at radius 1 is 1.26 bits per heavy atom. The van der Waals surface area contributed by atoms with Gasteiger partial charge in [0.25, 0.3) is 10.0 Å². The van der Waals surface area contributed by atoms with Crippen molar-refractivity contribution < 1.29 is 8.42 Å². The summed E-state index contributed by atoms with van der Waals surface area (Å²) in [6.07, 6.45) is 1.46. The van der Waals surface area contributed by atoms with E-state index < -0.39 is 10.0 Å². The summed E-state index contributed by atoms with van der Waals surface area (Å²) in [5.41, 5.74) is 0.504. The fraction of sp³-hybridized carbons (Fsp3) is 0.467. The van der Waals surface area contributed by atoms with Crippen LogP contribution in [0, 0.1) is 0 Å². The van der Waals surface area contributed by atoms with Crippen molar-refractivity contribution in [2.75, 3.05) is 13.1 Å². The predicted octanol–water partition coefficient (Wildman–Crippen LogP) is 1.03. The Hall–Kier alpha value is -1.77. The SMILES string of the molecule is CC1CNC(C)(C)CN1S(=O)(=O)c1cn(-c2ccccc2)nn1. The van der Waals surface area contributed by atoms with Crippen molar-refractivity contribution >= 4 is 10.0 Å². The molecule has 1 atom stereocenters. The molecule has 0 aliphatic carbocycles. The quantitative estimate of drug-likeness (QED) is 0.906. The lowest BCUT2D eigenvalue weighted by atomic mass is 10.0. The van der Waals surface area contributed by atoms with Gasteiger partial charge in [-0.3, -0.25) is 0 Å². The lowest BCUT2D eigenvalue weighted by molar-refractivity contribution is 0.184. The molecule has 1 saturated heterocycles. The molecular weight excluding hydrogens is 314 g/mol. The first-order valence-electron chi connectivity index (χ1n) is 7.54. The summed E-state index contributed by atoms with van der Waals surface area (Å²) in [5, 5.41) is 11.2. The van der Waals surface area contributed by atoms with E-state index in [1.54, 1.807) is 0 Å². The number of para-hydroxylation sites is 1. The highest BCUT2D eigenvalue weighted by molar-refractivity contribution is 7.89. The number of hydrogen-bond acceptors (Lipinski definition) is 5. The van der Waals surface area contributed by atoms with Crippen molar-refractivity contribution in [3.8, 4) is 5.69 Å². The molecule has 1 N–H and O–H groups in total. The summed E-state index contributed by atoms with van der Waals surface area (Å²) < 4.78 is 28.8. The van der Waals surface area contributed by atoms with Crippen molar-refractivity contribution in [2.24, 2.45) is 0 Å². The predicted molar refractivity (Wildman–Crippen MR) is 86.8 cm³/mol. The van der Waals surface area contributed by atoms with Gasteiger partial charge in [0, 0.05) is 24.7 Å². The molecule has 1 unspecified atom stereocenters. The summed E-state index contributed by atoms with van der Waals surface area (Å²) in [6.45, 7) is 6.87. The van der Waals surface area contributed by atoms with Crippen molar-refractivity contribution in [2.45, 2.75) is 37.4 Å². The van der Waals surface area contributed by atoms with Gasteiger partial charge in [-0.1, -0.05) is 23.4 Å². The van der Waals surface area contributed by atoms with E-state index in [2.05, 4.69) is 15.6 Å². The van der Waals surface area contributed by atoms with E-state index >= 15 is 0 Å². The zero-order valence-corrected chi connectivity index (χ0v) is 14.3. The molecule has 124 valence electrons. The van der Waals surface area contributed by atoms with Gasteiger partial charge in [0.05, 0.1) is 11.9 Å². The molecular formula is C15H21N5O2S. The van der Waals surface area contributed by atoms with Crippen molar-refractivity contribution in [1.82, 2.24) is 24.6 Å². The molecule has 2 aromatic rings. The van der Waals surface area contributed by atoms with Gasteiger partial charge in [0.2, 0.25) is 5.03 Å². The van der Waals surface area contributed by atoms with Crippen LogP contribution in [0.25, 0.3) is 5.69 Å². The number of nitrogens with zero attached hydrogens (tertiary/aromatic N) is 4. The smallest absolute Gasteiger partial charge is 0.264 e. The summed E-state index contributed by atoms with van der Waals surface area (Å²) in [7, 11) is -3.67. The number of aromatic nitrogens is 3. The van der Waals surface area contributed by atoms with Crippen LogP contribution in [0.1, 0.15) is 20.8 Å². The minimum absolute atomic E-state index is 0.0223. The van der Waals surface area contributed by atoms with E-state index in [1.807, 2.05) is 51.1 Å². The summed E-state index contributed by atoms with van der Waals surface area (Å²) >= 11 is 0. The topological polar surface area (TPSA) is 80.1 Å². The maximum atomic E-state index is 12.9. The van der Waals surface area contributed by atoms with Crippen LogP contribution in [-0.4, -0.2) is 52.4 Å². The fourth-order valence-electron chi connectivity index (χ4n) is 2.64. The van der Waals surface area contributed by atoms with Gasteiger partial charge < -0.3 is 5.32 Å². The van der Waals surface area contributed by atoms with Gasteiger partial charge >= 0.3 is 0 Å². The second-order valence-corrected chi connectivity index (χ2v) is 8.34. The molecule has 0 radical (unpaired) electrons. The van der Waals surface area contributed by atoms with Crippen molar-refractivity contribution in [3.05, 3.63) is 36.5 Å². The van der Waals surface area contributed by atoms with Gasteiger partial charge in [-0.05, 0) is 32.9 Å². The highest BCUT2D eigenvalue weighted by atomic mass is 32.2. The monoisotopic (exact) mass is 335 g/mol. The normalized spacial score (nSPS) is 22.1. The highest BCUT2D eigenvalue weighted by Crippen LogP contribution is 2.23. The van der Waals surface area contributed by atoms with Gasteiger partial charge in [-0.15, -0.1) is 5.10 Å². The molecule has 23 heavy (non-hydrogen) atoms. The third kappa shape index (κ3) is 3.15. The number of rotatable bonds is 3. The molecule has 1 aliphatic heterocycles. The largest absolute Gasteiger partial charge is 0.309 e. The second-order valence-electron chi connectivity index (χ2n) is 6.50. The van der Waals surface area contributed by atoms with E-state index in [0.29, 0.717) is 13.1 Å². The van der Waals surface area contributed by atoms with Crippen LogP contribution >= 0.6 is 0 Å². The molecule has 8 heteroatoms. The zero-order valence-electron chi connectivity index (χ0n) is 13.5. The Morgan fingerprint density at radius 2 is 1.96 bits per heavy atom. The second kappa shape index (κ2) is 5.70. The van der Waals surface area contributed by atoms with Crippen LogP contribution in [0.4, 0.5) is 0 Å². The zero-order chi connectivity index (χ0) is 16.7. The van der Waals surface area contributed by atoms with Crippen LogP contribution < -0.4 is 5.32 Å². The molecule has 0 amide bonds.